The van der Waals surface area contributed by atoms with Crippen LogP contribution in [0.4, 0.5) is 5.69 Å². The number of thioether (sulfide) groups is 1. The van der Waals surface area contributed by atoms with E-state index in [1.807, 2.05) is 32.2 Å². The second kappa shape index (κ2) is 12.8. The summed E-state index contributed by atoms with van der Waals surface area (Å²) in [6.07, 6.45) is 9.78. The van der Waals surface area contributed by atoms with Gasteiger partial charge in [-0.3, -0.25) is 9.98 Å². The largest absolute Gasteiger partial charge is 0.333 e. The Kier molecular flexibility index (Phi) is 10.7. The molecule has 0 bridgehead atoms. The molecule has 2 atom stereocenters. The van der Waals surface area contributed by atoms with Crippen LogP contribution in [-0.4, -0.2) is 42.3 Å². The first-order chi connectivity index (χ1) is 13.4. The lowest BCUT2D eigenvalue weighted by atomic mass is 10.1. The van der Waals surface area contributed by atoms with Gasteiger partial charge in [-0.1, -0.05) is 18.2 Å². The highest BCUT2D eigenvalue weighted by molar-refractivity contribution is 7.98. The summed E-state index contributed by atoms with van der Waals surface area (Å²) in [5, 5.41) is 9.52. The first kappa shape index (κ1) is 23.5. The maximum atomic E-state index is 9.52. The fraction of sp³-hybridized carbons (Fsp3) is 0.381. The van der Waals surface area contributed by atoms with Crippen LogP contribution in [0.1, 0.15) is 27.7 Å². The van der Waals surface area contributed by atoms with E-state index in [1.165, 1.54) is 0 Å². The maximum absolute atomic E-state index is 9.52. The zero-order valence-electron chi connectivity index (χ0n) is 17.1. The second-order valence-electron chi connectivity index (χ2n) is 6.13. The van der Waals surface area contributed by atoms with Crippen molar-refractivity contribution in [1.82, 2.24) is 4.98 Å². The topological polar surface area (TPSA) is 83.0 Å². The third kappa shape index (κ3) is 8.42. The number of pyridine rings is 1. The van der Waals surface area contributed by atoms with Gasteiger partial charge in [-0.2, -0.15) is 5.26 Å². The van der Waals surface area contributed by atoms with Crippen molar-refractivity contribution in [1.29, 1.82) is 5.26 Å². The summed E-state index contributed by atoms with van der Waals surface area (Å²) in [4.78, 5) is 18.2. The van der Waals surface area contributed by atoms with E-state index in [4.69, 9.17) is 4.74 Å². The van der Waals surface area contributed by atoms with Gasteiger partial charge < -0.3 is 4.74 Å². The molecular weight excluding hydrogens is 370 g/mol. The highest BCUT2D eigenvalue weighted by Crippen LogP contribution is 2.26. The Balaban J connectivity index is 2.92. The zero-order valence-corrected chi connectivity index (χ0v) is 17.9. The number of nitriles is 1. The molecule has 6 nitrogen and oxygen atoms in total. The number of ether oxygens (including phenoxy) is 1. The fourth-order valence-electron chi connectivity index (χ4n) is 2.16. The third-order valence-corrected chi connectivity index (χ3v) is 4.22. The lowest BCUT2D eigenvalue weighted by molar-refractivity contribution is 0.0851. The monoisotopic (exact) mass is 397 g/mol. The first-order valence-corrected chi connectivity index (χ1v) is 10.0. The SMILES string of the molecule is C=C(C=C(C)C)COC(N=CC)N=C(C)C(C#N)C=Nc1cnccc1SC. The average molecular weight is 398 g/mol. The number of rotatable bonds is 10. The predicted molar refractivity (Wildman–Crippen MR) is 119 cm³/mol. The number of hydrogen-bond acceptors (Lipinski definition) is 7. The molecule has 148 valence electrons. The van der Waals surface area contributed by atoms with Crippen LogP contribution in [0.5, 0.6) is 0 Å². The van der Waals surface area contributed by atoms with Gasteiger partial charge in [0.2, 0.25) is 6.35 Å². The summed E-state index contributed by atoms with van der Waals surface area (Å²) in [7, 11) is 0. The molecule has 0 aliphatic rings. The molecule has 0 fully saturated rings. The van der Waals surface area contributed by atoms with Crippen LogP contribution in [0.2, 0.25) is 0 Å². The quantitative estimate of drug-likeness (QED) is 0.315. The molecule has 1 aromatic rings. The van der Waals surface area contributed by atoms with E-state index in [-0.39, 0.29) is 0 Å². The van der Waals surface area contributed by atoms with Crippen molar-refractivity contribution in [3.05, 3.63) is 42.3 Å². The van der Waals surface area contributed by atoms with E-state index in [1.54, 1.807) is 50.4 Å². The van der Waals surface area contributed by atoms with Gasteiger partial charge in [-0.05, 0) is 45.6 Å². The summed E-state index contributed by atoms with van der Waals surface area (Å²) < 4.78 is 5.71. The lowest BCUT2D eigenvalue weighted by Crippen LogP contribution is -2.17. The third-order valence-electron chi connectivity index (χ3n) is 3.43. The van der Waals surface area contributed by atoms with Gasteiger partial charge in [0, 0.05) is 29.2 Å². The minimum absolute atomic E-state index is 0.308. The predicted octanol–water partition coefficient (Wildman–Crippen LogP) is 5.02. The van der Waals surface area contributed by atoms with Gasteiger partial charge in [-0.15, -0.1) is 11.8 Å². The number of hydrogen-bond donors (Lipinski definition) is 0. The average Bonchev–Trinajstić information content (AvgIpc) is 2.66. The smallest absolute Gasteiger partial charge is 0.245 e. The number of aliphatic imine (C=N–C) groups is 3. The molecule has 1 aromatic heterocycles. The molecule has 7 heteroatoms. The molecule has 28 heavy (non-hydrogen) atoms. The summed E-state index contributed by atoms with van der Waals surface area (Å²) in [6, 6.07) is 4.09. The van der Waals surface area contributed by atoms with Crippen LogP contribution in [0.15, 0.2) is 62.1 Å². The van der Waals surface area contributed by atoms with E-state index in [0.717, 1.165) is 21.7 Å². The number of aromatic nitrogens is 1. The Hall–Kier alpha value is -2.56. The fourth-order valence-corrected chi connectivity index (χ4v) is 2.67. The van der Waals surface area contributed by atoms with E-state index in [2.05, 4.69) is 32.6 Å². The Labute approximate surface area is 171 Å². The van der Waals surface area contributed by atoms with Crippen LogP contribution in [0.25, 0.3) is 0 Å². The molecule has 0 amide bonds. The van der Waals surface area contributed by atoms with E-state index in [9.17, 15) is 5.26 Å². The maximum Gasteiger partial charge on any atom is 0.245 e. The molecule has 1 rings (SSSR count). The number of nitrogens with zero attached hydrogens (tertiary/aromatic N) is 5. The van der Waals surface area contributed by atoms with Gasteiger partial charge in [0.05, 0.1) is 24.6 Å². The Morgan fingerprint density at radius 2 is 2.18 bits per heavy atom. The molecule has 1 heterocycles. The zero-order chi connectivity index (χ0) is 20.9. The molecule has 0 spiro atoms. The molecule has 2 unspecified atom stereocenters. The van der Waals surface area contributed by atoms with Crippen molar-refractivity contribution in [2.45, 2.75) is 38.9 Å². The van der Waals surface area contributed by atoms with Crippen LogP contribution < -0.4 is 0 Å². The molecule has 0 aromatic carbocycles. The van der Waals surface area contributed by atoms with Gasteiger partial charge in [0.25, 0.3) is 0 Å². The van der Waals surface area contributed by atoms with Crippen LogP contribution in [-0.2, 0) is 4.74 Å². The Bertz CT molecular complexity index is 816. The second-order valence-corrected chi connectivity index (χ2v) is 6.98. The van der Waals surface area contributed by atoms with Gasteiger partial charge in [0.1, 0.15) is 5.92 Å². The van der Waals surface area contributed by atoms with Crippen molar-refractivity contribution in [3.8, 4) is 6.07 Å². The highest BCUT2D eigenvalue weighted by atomic mass is 32.2. The van der Waals surface area contributed by atoms with Gasteiger partial charge in [0.15, 0.2) is 0 Å². The van der Waals surface area contributed by atoms with Crippen molar-refractivity contribution in [2.24, 2.45) is 20.9 Å². The normalized spacial score (nSPS) is 14.1. The van der Waals surface area contributed by atoms with Gasteiger partial charge >= 0.3 is 0 Å². The molecular formula is C21H27N5OS. The Morgan fingerprint density at radius 1 is 1.43 bits per heavy atom. The van der Waals surface area contributed by atoms with Crippen molar-refractivity contribution < 1.29 is 4.74 Å². The van der Waals surface area contributed by atoms with Crippen molar-refractivity contribution in [2.75, 3.05) is 12.9 Å². The lowest BCUT2D eigenvalue weighted by Gasteiger charge is -2.12. The minimum Gasteiger partial charge on any atom is -0.333 e. The summed E-state index contributed by atoms with van der Waals surface area (Å²) in [5.74, 6) is -0.589. The number of allylic oxidation sites excluding steroid dienone is 1. The summed E-state index contributed by atoms with van der Waals surface area (Å²) in [6.45, 7) is 11.8. The molecule has 0 radical (unpaired) electrons. The standard InChI is InChI=1S/C21H27N5OS/c1-7-24-21(27-14-16(4)10-15(2)3)26-17(5)18(11-22)12-25-19-13-23-9-8-20(19)28-6/h7-10,12-13,18,21H,4,14H2,1-3,5-6H3. The van der Waals surface area contributed by atoms with Crippen LogP contribution in [0, 0.1) is 17.2 Å². The summed E-state index contributed by atoms with van der Waals surface area (Å²) in [5.41, 5.74) is 3.28. The highest BCUT2D eigenvalue weighted by Gasteiger charge is 2.12. The van der Waals surface area contributed by atoms with Crippen molar-refractivity contribution >= 4 is 35.6 Å². The minimum atomic E-state index is -0.725. The van der Waals surface area contributed by atoms with Crippen LogP contribution >= 0.6 is 11.8 Å². The van der Waals surface area contributed by atoms with Crippen molar-refractivity contribution in [3.63, 3.8) is 0 Å². The molecule has 0 saturated carbocycles. The van der Waals surface area contributed by atoms with Crippen LogP contribution in [0.3, 0.4) is 0 Å². The first-order valence-electron chi connectivity index (χ1n) is 8.79. The molecule has 0 saturated heterocycles. The van der Waals surface area contributed by atoms with E-state index in [0.29, 0.717) is 12.3 Å². The van der Waals surface area contributed by atoms with Gasteiger partial charge in [-0.25, -0.2) is 9.98 Å². The van der Waals surface area contributed by atoms with E-state index >= 15 is 0 Å². The molecule has 0 N–H and O–H groups in total. The molecule has 0 aliphatic heterocycles. The molecule has 0 aliphatic carbocycles. The summed E-state index contributed by atoms with van der Waals surface area (Å²) >= 11 is 1.57. The van der Waals surface area contributed by atoms with E-state index < -0.39 is 12.3 Å². The Morgan fingerprint density at radius 3 is 2.79 bits per heavy atom.